The van der Waals surface area contributed by atoms with Gasteiger partial charge in [0.25, 0.3) is 0 Å². The quantitative estimate of drug-likeness (QED) is 0.329. The number of carbonyl (C=O) groups excluding carboxylic acids is 1. The van der Waals surface area contributed by atoms with Crippen LogP contribution in [0.15, 0.2) is 47.8 Å². The van der Waals surface area contributed by atoms with E-state index in [2.05, 4.69) is 36.7 Å². The standard InChI is InChI=1S/C25H26ClNO4S.C3H8.2C2H6/c1-25(2,3)31-24(28)27-14-16-4-6-19(7-5-16)30-15-18-12-20-22(13-21(18)26)29-10-8-17-9-11-32-23(17)20;1-3-2;2*1-2/h4-7,9,11-13H,8,10,14-15H2,1-3H3,(H,27,28);3H2,1-2H3;2*1-2H3. The lowest BCUT2D eigenvalue weighted by Crippen LogP contribution is -2.32. The van der Waals surface area contributed by atoms with Gasteiger partial charge in [-0.25, -0.2) is 4.79 Å². The summed E-state index contributed by atoms with van der Waals surface area (Å²) in [5, 5.41) is 5.49. The third-order valence-electron chi connectivity index (χ3n) is 4.92. The summed E-state index contributed by atoms with van der Waals surface area (Å²) in [6.45, 7) is 19.1. The van der Waals surface area contributed by atoms with Crippen LogP contribution in [0.5, 0.6) is 11.5 Å². The molecule has 1 amide bonds. The van der Waals surface area contributed by atoms with Crippen LogP contribution in [-0.4, -0.2) is 18.3 Å². The molecule has 2 aromatic carbocycles. The average molecular weight is 576 g/mol. The second kappa shape index (κ2) is 17.8. The number of halogens is 1. The highest BCUT2D eigenvalue weighted by molar-refractivity contribution is 7.13. The topological polar surface area (TPSA) is 56.8 Å². The number of thiophene rings is 1. The van der Waals surface area contributed by atoms with Gasteiger partial charge in [0.1, 0.15) is 23.7 Å². The molecule has 0 unspecified atom stereocenters. The molecular weight excluding hydrogens is 530 g/mol. The van der Waals surface area contributed by atoms with Gasteiger partial charge in [-0.3, -0.25) is 0 Å². The molecule has 39 heavy (non-hydrogen) atoms. The Hall–Kier alpha value is -2.70. The van der Waals surface area contributed by atoms with Crippen molar-refractivity contribution in [3.05, 3.63) is 69.6 Å². The maximum atomic E-state index is 11.8. The molecule has 1 aliphatic rings. The fourth-order valence-electron chi connectivity index (χ4n) is 3.40. The maximum Gasteiger partial charge on any atom is 0.407 e. The van der Waals surface area contributed by atoms with Gasteiger partial charge in [-0.05, 0) is 67.6 Å². The molecule has 3 aromatic rings. The number of amides is 1. The summed E-state index contributed by atoms with van der Waals surface area (Å²) in [6.07, 6.45) is 1.71. The molecule has 4 rings (SSSR count). The van der Waals surface area contributed by atoms with E-state index >= 15 is 0 Å². The Morgan fingerprint density at radius 2 is 1.69 bits per heavy atom. The number of fused-ring (bicyclic) bond motifs is 3. The SMILES string of the molecule is CC.CC.CC(C)(C)OC(=O)NCc1ccc(OCc2cc3c(cc2Cl)OCCc2ccsc2-3)cc1.CCC. The Kier molecular flexibility index (Phi) is 15.7. The summed E-state index contributed by atoms with van der Waals surface area (Å²) in [4.78, 5) is 13.0. The minimum absolute atomic E-state index is 0.350. The van der Waals surface area contributed by atoms with E-state index < -0.39 is 11.7 Å². The van der Waals surface area contributed by atoms with Gasteiger partial charge >= 0.3 is 6.09 Å². The third kappa shape index (κ3) is 11.5. The Morgan fingerprint density at radius 1 is 1.05 bits per heavy atom. The third-order valence-corrected chi connectivity index (χ3v) is 6.26. The molecule has 0 radical (unpaired) electrons. The molecule has 2 heterocycles. The van der Waals surface area contributed by atoms with Gasteiger partial charge < -0.3 is 19.5 Å². The van der Waals surface area contributed by atoms with Crippen molar-refractivity contribution in [1.29, 1.82) is 0 Å². The lowest BCUT2D eigenvalue weighted by atomic mass is 10.1. The molecule has 7 heteroatoms. The van der Waals surface area contributed by atoms with E-state index in [0.29, 0.717) is 24.8 Å². The lowest BCUT2D eigenvalue weighted by molar-refractivity contribution is 0.0523. The van der Waals surface area contributed by atoms with Gasteiger partial charge in [-0.2, -0.15) is 0 Å². The molecule has 0 bridgehead atoms. The van der Waals surface area contributed by atoms with Crippen molar-refractivity contribution in [3.63, 3.8) is 0 Å². The van der Waals surface area contributed by atoms with Gasteiger partial charge in [0.15, 0.2) is 0 Å². The molecule has 0 saturated carbocycles. The fraction of sp³-hybridized carbons (Fsp3) is 0.469. The predicted octanol–water partition coefficient (Wildman–Crippen LogP) is 10.1. The van der Waals surface area contributed by atoms with Gasteiger partial charge in [0.2, 0.25) is 0 Å². The van der Waals surface area contributed by atoms with Crippen molar-refractivity contribution in [2.75, 3.05) is 6.61 Å². The molecule has 1 aromatic heterocycles. The first kappa shape index (κ1) is 34.3. The van der Waals surface area contributed by atoms with E-state index in [0.717, 1.165) is 34.6 Å². The molecule has 0 fully saturated rings. The predicted molar refractivity (Wildman–Crippen MR) is 166 cm³/mol. The van der Waals surface area contributed by atoms with Gasteiger partial charge in [0, 0.05) is 29.0 Å². The Labute approximate surface area is 244 Å². The summed E-state index contributed by atoms with van der Waals surface area (Å²) in [6, 6.07) is 13.7. The van der Waals surface area contributed by atoms with Crippen molar-refractivity contribution >= 4 is 29.0 Å². The Bertz CT molecular complexity index is 1120. The summed E-state index contributed by atoms with van der Waals surface area (Å²) >= 11 is 8.23. The van der Waals surface area contributed by atoms with Crippen molar-refractivity contribution in [2.24, 2.45) is 0 Å². The molecule has 0 spiro atoms. The molecule has 1 N–H and O–H groups in total. The van der Waals surface area contributed by atoms with E-state index in [1.54, 1.807) is 11.3 Å². The Balaban J connectivity index is 0.000000996. The smallest absolute Gasteiger partial charge is 0.407 e. The molecule has 1 aliphatic heterocycles. The maximum absolute atomic E-state index is 11.8. The zero-order valence-corrected chi connectivity index (χ0v) is 26.6. The van der Waals surface area contributed by atoms with Crippen LogP contribution in [-0.2, 0) is 24.3 Å². The highest BCUT2D eigenvalue weighted by Gasteiger charge is 2.19. The Morgan fingerprint density at radius 3 is 2.31 bits per heavy atom. The van der Waals surface area contributed by atoms with Gasteiger partial charge in [-0.15, -0.1) is 11.3 Å². The molecule has 216 valence electrons. The van der Waals surface area contributed by atoms with E-state index in [1.807, 2.05) is 78.8 Å². The minimum atomic E-state index is -0.518. The number of nitrogens with one attached hydrogen (secondary N) is 1. The zero-order valence-electron chi connectivity index (χ0n) is 25.1. The second-order valence-corrected chi connectivity index (χ2v) is 10.6. The normalized spacial score (nSPS) is 11.2. The van der Waals surface area contributed by atoms with Crippen LogP contribution in [0.4, 0.5) is 4.79 Å². The van der Waals surface area contributed by atoms with Crippen LogP contribution in [0.2, 0.25) is 5.02 Å². The van der Waals surface area contributed by atoms with Crippen molar-refractivity contribution in [2.45, 2.75) is 93.9 Å². The van der Waals surface area contributed by atoms with Gasteiger partial charge in [-0.1, -0.05) is 71.7 Å². The van der Waals surface area contributed by atoms with Crippen LogP contribution >= 0.6 is 22.9 Å². The average Bonchev–Trinajstić information content (AvgIpc) is 3.31. The van der Waals surface area contributed by atoms with Gasteiger partial charge in [0.05, 0.1) is 11.6 Å². The number of benzene rings is 2. The minimum Gasteiger partial charge on any atom is -0.493 e. The number of alkyl carbamates (subject to hydrolysis) is 1. The van der Waals surface area contributed by atoms with Crippen LogP contribution in [0.25, 0.3) is 10.4 Å². The van der Waals surface area contributed by atoms with E-state index in [9.17, 15) is 4.79 Å². The highest BCUT2D eigenvalue weighted by Crippen LogP contribution is 2.41. The van der Waals surface area contributed by atoms with E-state index in [4.69, 9.17) is 25.8 Å². The molecule has 5 nitrogen and oxygen atoms in total. The van der Waals surface area contributed by atoms with Crippen LogP contribution in [0.1, 0.15) is 85.4 Å². The fourth-order valence-corrected chi connectivity index (χ4v) is 4.58. The zero-order chi connectivity index (χ0) is 29.4. The summed E-state index contributed by atoms with van der Waals surface area (Å²) in [7, 11) is 0. The van der Waals surface area contributed by atoms with Crippen LogP contribution in [0.3, 0.4) is 0 Å². The summed E-state index contributed by atoms with van der Waals surface area (Å²) in [5.74, 6) is 1.55. The molecule has 0 atom stereocenters. The first-order valence-corrected chi connectivity index (χ1v) is 15.2. The monoisotopic (exact) mass is 575 g/mol. The number of rotatable bonds is 5. The lowest BCUT2D eigenvalue weighted by Gasteiger charge is -2.19. The van der Waals surface area contributed by atoms with Crippen LogP contribution < -0.4 is 14.8 Å². The first-order valence-electron chi connectivity index (χ1n) is 13.9. The largest absolute Gasteiger partial charge is 0.493 e. The van der Waals surface area contributed by atoms with Crippen molar-refractivity contribution in [3.8, 4) is 21.9 Å². The molecule has 0 saturated heterocycles. The molecular formula is C32H46ClNO4S. The van der Waals surface area contributed by atoms with Crippen molar-refractivity contribution < 1.29 is 19.0 Å². The number of ether oxygens (including phenoxy) is 3. The number of hydrogen-bond acceptors (Lipinski definition) is 5. The number of carbonyl (C=O) groups is 1. The van der Waals surface area contributed by atoms with E-state index in [-0.39, 0.29) is 0 Å². The number of hydrogen-bond donors (Lipinski definition) is 1. The van der Waals surface area contributed by atoms with E-state index in [1.165, 1.54) is 16.9 Å². The first-order chi connectivity index (χ1) is 18.7. The van der Waals surface area contributed by atoms with Crippen LogP contribution in [0, 0.1) is 0 Å². The molecule has 0 aliphatic carbocycles. The summed E-state index contributed by atoms with van der Waals surface area (Å²) in [5.41, 5.74) is 3.72. The van der Waals surface area contributed by atoms with Crippen molar-refractivity contribution in [1.82, 2.24) is 5.32 Å². The highest BCUT2D eigenvalue weighted by atomic mass is 35.5. The summed E-state index contributed by atoms with van der Waals surface area (Å²) < 4.78 is 17.1. The second-order valence-electron chi connectivity index (χ2n) is 9.31.